The van der Waals surface area contributed by atoms with E-state index in [-0.39, 0.29) is 5.41 Å². The Morgan fingerprint density at radius 3 is 2.39 bits per heavy atom. The van der Waals surface area contributed by atoms with E-state index in [2.05, 4.69) is 24.7 Å². The highest BCUT2D eigenvalue weighted by Gasteiger charge is 2.64. The summed E-state index contributed by atoms with van der Waals surface area (Å²) in [5.74, 6) is 6.07. The quantitative estimate of drug-likeness (QED) is 0.625. The summed E-state index contributed by atoms with van der Waals surface area (Å²) in [7, 11) is 0. The van der Waals surface area contributed by atoms with Crippen LogP contribution < -0.4 is 0 Å². The molecule has 2 heteroatoms. The third kappa shape index (κ3) is 2.61. The van der Waals surface area contributed by atoms with Crippen LogP contribution in [0.4, 0.5) is 0 Å². The molecule has 5 aliphatic rings. The number of rotatable bonds is 1. The molecule has 1 aliphatic heterocycles. The first-order chi connectivity index (χ1) is 13.4. The molecule has 1 heterocycles. The predicted molar refractivity (Wildman–Crippen MR) is 115 cm³/mol. The average Bonchev–Trinajstić information content (AvgIpc) is 2.99. The second-order valence-corrected chi connectivity index (χ2v) is 11.7. The van der Waals surface area contributed by atoms with Gasteiger partial charge in [0.2, 0.25) is 0 Å². The monoisotopic (exact) mass is 383 g/mol. The molecule has 4 unspecified atom stereocenters. The average molecular weight is 384 g/mol. The van der Waals surface area contributed by atoms with E-state index < -0.39 is 5.60 Å². The molecule has 0 aromatic rings. The Morgan fingerprint density at radius 2 is 1.64 bits per heavy atom. The molecule has 5 rings (SSSR count). The van der Waals surface area contributed by atoms with Crippen LogP contribution in [0.3, 0.4) is 0 Å². The zero-order chi connectivity index (χ0) is 19.6. The van der Waals surface area contributed by atoms with E-state index in [0.29, 0.717) is 11.3 Å². The molecule has 4 aliphatic carbocycles. The summed E-state index contributed by atoms with van der Waals surface area (Å²) in [5, 5.41) is 11.2. The zero-order valence-corrected chi connectivity index (χ0v) is 18.3. The van der Waals surface area contributed by atoms with Gasteiger partial charge in [-0.2, -0.15) is 0 Å². The third-order valence-corrected chi connectivity index (χ3v) is 10.9. The van der Waals surface area contributed by atoms with Crippen LogP contribution in [0.25, 0.3) is 0 Å². The molecule has 0 aromatic heterocycles. The van der Waals surface area contributed by atoms with Crippen molar-refractivity contribution in [2.75, 3.05) is 13.1 Å². The number of terminal acetylenes is 1. The minimum Gasteiger partial charge on any atom is -0.377 e. The molecular weight excluding hydrogens is 342 g/mol. The highest BCUT2D eigenvalue weighted by atomic mass is 16.3. The fourth-order valence-corrected chi connectivity index (χ4v) is 9.10. The smallest absolute Gasteiger partial charge is 0.130 e. The first-order valence-corrected chi connectivity index (χ1v) is 12.4. The molecular formula is C26H41NO. The van der Waals surface area contributed by atoms with Gasteiger partial charge in [-0.25, -0.2) is 0 Å². The third-order valence-electron chi connectivity index (χ3n) is 10.9. The maximum atomic E-state index is 11.2. The van der Waals surface area contributed by atoms with Crippen molar-refractivity contribution in [2.45, 2.75) is 103 Å². The van der Waals surface area contributed by atoms with E-state index in [9.17, 15) is 5.11 Å². The topological polar surface area (TPSA) is 23.5 Å². The number of aliphatic hydroxyl groups is 1. The lowest BCUT2D eigenvalue weighted by Gasteiger charge is -2.62. The van der Waals surface area contributed by atoms with Crippen LogP contribution in [-0.4, -0.2) is 34.7 Å². The lowest BCUT2D eigenvalue weighted by atomic mass is 9.44. The van der Waals surface area contributed by atoms with Crippen molar-refractivity contribution in [1.82, 2.24) is 4.90 Å². The standard InChI is InChI=1S/C26H41NO/c1-4-26(28)15-12-23-21-9-8-19-18-20(27-16-6-5-7-17-27)10-13-24(19,2)22(21)11-14-25(23,26)3/h1,19-23,28H,5-18H2,2-3H3/t19?,20-,21?,22?,23?,24-,25-,26-/m0/s1. The van der Waals surface area contributed by atoms with Crippen molar-refractivity contribution in [3.8, 4) is 12.3 Å². The van der Waals surface area contributed by atoms with Crippen LogP contribution in [0, 0.1) is 46.8 Å². The van der Waals surface area contributed by atoms with Gasteiger partial charge >= 0.3 is 0 Å². The molecule has 0 spiro atoms. The maximum Gasteiger partial charge on any atom is 0.130 e. The van der Waals surface area contributed by atoms with Crippen LogP contribution in [0.2, 0.25) is 0 Å². The highest BCUT2D eigenvalue weighted by molar-refractivity contribution is 5.23. The highest BCUT2D eigenvalue weighted by Crippen LogP contribution is 2.68. The predicted octanol–water partition coefficient (Wildman–Crippen LogP) is 5.25. The SMILES string of the molecule is C#C[C@]1(O)CCC2C3CCC4C[C@@H](N5CCCCC5)CC[C@]4(C)C3CC[C@@]21C. The van der Waals surface area contributed by atoms with Crippen LogP contribution >= 0.6 is 0 Å². The molecule has 0 bridgehead atoms. The summed E-state index contributed by atoms with van der Waals surface area (Å²) >= 11 is 0. The maximum absolute atomic E-state index is 11.2. The second kappa shape index (κ2) is 6.75. The number of hydrogen-bond donors (Lipinski definition) is 1. The first-order valence-electron chi connectivity index (χ1n) is 12.4. The van der Waals surface area contributed by atoms with Gasteiger partial charge in [-0.05, 0) is 113 Å². The number of likely N-dealkylation sites (tertiary alicyclic amines) is 1. The van der Waals surface area contributed by atoms with E-state index in [1.54, 1.807) is 0 Å². The van der Waals surface area contributed by atoms with Crippen molar-refractivity contribution in [3.05, 3.63) is 0 Å². The number of piperidine rings is 1. The Bertz CT molecular complexity index is 647. The van der Waals surface area contributed by atoms with Crippen molar-refractivity contribution in [3.63, 3.8) is 0 Å². The Morgan fingerprint density at radius 1 is 0.893 bits per heavy atom. The Balaban J connectivity index is 1.34. The molecule has 1 N–H and O–H groups in total. The number of fused-ring (bicyclic) bond motifs is 5. The van der Waals surface area contributed by atoms with E-state index in [0.717, 1.165) is 43.1 Å². The zero-order valence-electron chi connectivity index (χ0n) is 18.3. The first kappa shape index (κ1) is 19.4. The normalized spacial score (nSPS) is 54.3. The van der Waals surface area contributed by atoms with E-state index in [4.69, 9.17) is 6.42 Å². The second-order valence-electron chi connectivity index (χ2n) is 11.7. The van der Waals surface area contributed by atoms with Crippen LogP contribution in [0.1, 0.15) is 90.9 Å². The summed E-state index contributed by atoms with van der Waals surface area (Å²) in [6, 6.07) is 0.863. The molecule has 156 valence electrons. The van der Waals surface area contributed by atoms with Gasteiger partial charge in [-0.3, -0.25) is 0 Å². The lowest BCUT2D eigenvalue weighted by molar-refractivity contribution is -0.141. The van der Waals surface area contributed by atoms with Gasteiger partial charge in [0.1, 0.15) is 5.60 Å². The van der Waals surface area contributed by atoms with Crippen molar-refractivity contribution >= 4 is 0 Å². The molecule has 1 saturated heterocycles. The largest absolute Gasteiger partial charge is 0.377 e. The summed E-state index contributed by atoms with van der Waals surface area (Å²) in [5.41, 5.74) is -0.364. The molecule has 5 fully saturated rings. The van der Waals surface area contributed by atoms with E-state index in [1.165, 1.54) is 70.9 Å². The van der Waals surface area contributed by atoms with Crippen molar-refractivity contribution in [2.24, 2.45) is 34.5 Å². The van der Waals surface area contributed by atoms with Gasteiger partial charge in [0.05, 0.1) is 0 Å². The van der Waals surface area contributed by atoms with Crippen molar-refractivity contribution < 1.29 is 5.11 Å². The summed E-state index contributed by atoms with van der Waals surface area (Å²) in [6.45, 7) is 7.69. The van der Waals surface area contributed by atoms with Gasteiger partial charge in [-0.1, -0.05) is 26.2 Å². The van der Waals surface area contributed by atoms with Gasteiger partial charge in [0.25, 0.3) is 0 Å². The fourth-order valence-electron chi connectivity index (χ4n) is 9.10. The molecule has 8 atom stereocenters. The Hall–Kier alpha value is -0.520. The molecule has 2 nitrogen and oxygen atoms in total. The molecule has 0 radical (unpaired) electrons. The summed E-state index contributed by atoms with van der Waals surface area (Å²) in [6.07, 6.45) is 21.6. The molecule has 4 saturated carbocycles. The van der Waals surface area contributed by atoms with E-state index in [1.807, 2.05) is 0 Å². The van der Waals surface area contributed by atoms with Gasteiger partial charge in [-0.15, -0.1) is 6.42 Å². The van der Waals surface area contributed by atoms with Gasteiger partial charge < -0.3 is 10.0 Å². The van der Waals surface area contributed by atoms with Crippen molar-refractivity contribution in [1.29, 1.82) is 0 Å². The summed E-state index contributed by atoms with van der Waals surface area (Å²) < 4.78 is 0. The number of nitrogens with zero attached hydrogens (tertiary/aromatic N) is 1. The minimum absolute atomic E-state index is 0.0445. The fraction of sp³-hybridized carbons (Fsp3) is 0.923. The minimum atomic E-state index is -0.855. The van der Waals surface area contributed by atoms with Crippen LogP contribution in [-0.2, 0) is 0 Å². The van der Waals surface area contributed by atoms with Gasteiger partial charge in [0.15, 0.2) is 0 Å². The van der Waals surface area contributed by atoms with Crippen LogP contribution in [0.5, 0.6) is 0 Å². The summed E-state index contributed by atoms with van der Waals surface area (Å²) in [4.78, 5) is 2.84. The Labute approximate surface area is 172 Å². The van der Waals surface area contributed by atoms with Crippen LogP contribution in [0.15, 0.2) is 0 Å². The number of hydrogen-bond acceptors (Lipinski definition) is 2. The molecule has 28 heavy (non-hydrogen) atoms. The molecule has 0 aromatic carbocycles. The molecule has 0 amide bonds. The Kier molecular flexibility index (Phi) is 4.68. The van der Waals surface area contributed by atoms with Gasteiger partial charge in [0, 0.05) is 11.5 Å². The lowest BCUT2D eigenvalue weighted by Crippen LogP contribution is -2.57. The van der Waals surface area contributed by atoms with E-state index >= 15 is 0 Å².